The summed E-state index contributed by atoms with van der Waals surface area (Å²) in [7, 11) is 3.11. The highest BCUT2D eigenvalue weighted by molar-refractivity contribution is 5.96. The standard InChI is InChI=1S/C24H22N4O2/c1-4-16(20-13-26-22-11-15(12-25)9-10-19(20)22)17-7-5-6-8-18(17)21-14-27-28(2)23(21)24(29)30-3/h5-11,13-14,16,26H,4H2,1-3H3. The highest BCUT2D eigenvalue weighted by atomic mass is 16.5. The zero-order chi connectivity index (χ0) is 21.3. The first-order valence-electron chi connectivity index (χ1n) is 9.79. The van der Waals surface area contributed by atoms with Gasteiger partial charge in [-0.05, 0) is 35.2 Å². The fourth-order valence-corrected chi connectivity index (χ4v) is 4.13. The van der Waals surface area contributed by atoms with Crippen LogP contribution in [0.5, 0.6) is 0 Å². The maximum atomic E-state index is 12.4. The van der Waals surface area contributed by atoms with Crippen LogP contribution < -0.4 is 0 Å². The van der Waals surface area contributed by atoms with Gasteiger partial charge in [0, 0.05) is 35.6 Å². The van der Waals surface area contributed by atoms with Gasteiger partial charge in [0.15, 0.2) is 5.69 Å². The molecular formula is C24H22N4O2. The smallest absolute Gasteiger partial charge is 0.356 e. The summed E-state index contributed by atoms with van der Waals surface area (Å²) >= 11 is 0. The van der Waals surface area contributed by atoms with Crippen molar-refractivity contribution in [2.45, 2.75) is 19.3 Å². The normalized spacial score (nSPS) is 11.9. The lowest BCUT2D eigenvalue weighted by molar-refractivity contribution is 0.0589. The molecule has 1 unspecified atom stereocenters. The topological polar surface area (TPSA) is 83.7 Å². The highest BCUT2D eigenvalue weighted by Gasteiger charge is 2.24. The number of methoxy groups -OCH3 is 1. The number of benzene rings is 2. The number of aromatic amines is 1. The molecule has 0 saturated heterocycles. The number of carbonyl (C=O) groups is 1. The molecule has 6 nitrogen and oxygen atoms in total. The van der Waals surface area contributed by atoms with Gasteiger partial charge in [0.25, 0.3) is 0 Å². The minimum absolute atomic E-state index is 0.105. The lowest BCUT2D eigenvalue weighted by Crippen LogP contribution is -2.10. The van der Waals surface area contributed by atoms with Crippen LogP contribution in [0.3, 0.4) is 0 Å². The number of fused-ring (bicyclic) bond motifs is 1. The van der Waals surface area contributed by atoms with Crippen LogP contribution in [0.1, 0.15) is 46.4 Å². The fraction of sp³-hybridized carbons (Fsp3) is 0.208. The molecule has 30 heavy (non-hydrogen) atoms. The molecular weight excluding hydrogens is 376 g/mol. The van der Waals surface area contributed by atoms with Crippen molar-refractivity contribution in [2.75, 3.05) is 7.11 Å². The molecule has 0 aliphatic carbocycles. The van der Waals surface area contributed by atoms with E-state index in [0.717, 1.165) is 39.6 Å². The third-order valence-corrected chi connectivity index (χ3v) is 5.57. The number of hydrogen-bond acceptors (Lipinski definition) is 4. The molecule has 0 bridgehead atoms. The van der Waals surface area contributed by atoms with Crippen molar-refractivity contribution in [3.8, 4) is 17.2 Å². The zero-order valence-corrected chi connectivity index (χ0v) is 17.1. The molecule has 4 rings (SSSR count). The molecule has 0 radical (unpaired) electrons. The van der Waals surface area contributed by atoms with Gasteiger partial charge in [-0.2, -0.15) is 10.4 Å². The van der Waals surface area contributed by atoms with Gasteiger partial charge < -0.3 is 9.72 Å². The molecule has 1 atom stereocenters. The van der Waals surface area contributed by atoms with Crippen LogP contribution in [0.2, 0.25) is 0 Å². The lowest BCUT2D eigenvalue weighted by atomic mass is 9.84. The Hall–Kier alpha value is -3.85. The van der Waals surface area contributed by atoms with Crippen LogP contribution >= 0.6 is 0 Å². The number of hydrogen-bond donors (Lipinski definition) is 1. The molecule has 6 heteroatoms. The summed E-state index contributed by atoms with van der Waals surface area (Å²) in [6, 6.07) is 16.0. The molecule has 2 aromatic heterocycles. The van der Waals surface area contributed by atoms with Gasteiger partial charge in [0.05, 0.1) is 24.9 Å². The van der Waals surface area contributed by atoms with Gasteiger partial charge in [0.1, 0.15) is 0 Å². The number of esters is 1. The zero-order valence-electron chi connectivity index (χ0n) is 17.1. The molecule has 0 amide bonds. The monoisotopic (exact) mass is 398 g/mol. The Morgan fingerprint density at radius 1 is 1.23 bits per heavy atom. The fourth-order valence-electron chi connectivity index (χ4n) is 4.13. The largest absolute Gasteiger partial charge is 0.464 e. The summed E-state index contributed by atoms with van der Waals surface area (Å²) in [5.74, 6) is -0.308. The Morgan fingerprint density at radius 3 is 2.77 bits per heavy atom. The minimum atomic E-state index is -0.413. The van der Waals surface area contributed by atoms with Crippen molar-refractivity contribution in [1.29, 1.82) is 5.26 Å². The van der Waals surface area contributed by atoms with Crippen molar-refractivity contribution in [2.24, 2.45) is 7.05 Å². The number of nitrogens with one attached hydrogen (secondary N) is 1. The summed E-state index contributed by atoms with van der Waals surface area (Å²) in [5, 5.41) is 14.6. The lowest BCUT2D eigenvalue weighted by Gasteiger charge is -2.19. The third kappa shape index (κ3) is 3.15. The number of carbonyl (C=O) groups excluding carboxylic acids is 1. The average molecular weight is 398 g/mol. The summed E-state index contributed by atoms with van der Waals surface area (Å²) in [6.07, 6.45) is 4.60. The molecule has 150 valence electrons. The van der Waals surface area contributed by atoms with E-state index in [4.69, 9.17) is 4.74 Å². The second-order valence-corrected chi connectivity index (χ2v) is 7.19. The molecule has 2 aromatic carbocycles. The Kier molecular flexibility index (Phi) is 5.11. The number of nitriles is 1. The third-order valence-electron chi connectivity index (χ3n) is 5.57. The van der Waals surface area contributed by atoms with Gasteiger partial charge >= 0.3 is 5.97 Å². The predicted molar refractivity (Wildman–Crippen MR) is 115 cm³/mol. The molecule has 2 heterocycles. The molecule has 0 fully saturated rings. The van der Waals surface area contributed by atoms with Gasteiger partial charge in [0.2, 0.25) is 0 Å². The van der Waals surface area contributed by atoms with Crippen LogP contribution in [0.15, 0.2) is 54.9 Å². The minimum Gasteiger partial charge on any atom is -0.464 e. The molecule has 1 N–H and O–H groups in total. The first-order chi connectivity index (χ1) is 14.6. The predicted octanol–water partition coefficient (Wildman–Crippen LogP) is 4.77. The van der Waals surface area contributed by atoms with Crippen LogP contribution in [-0.4, -0.2) is 27.8 Å². The quantitative estimate of drug-likeness (QED) is 0.491. The number of rotatable bonds is 5. The van der Waals surface area contributed by atoms with E-state index in [2.05, 4.69) is 29.1 Å². The maximum absolute atomic E-state index is 12.4. The van der Waals surface area contributed by atoms with Crippen molar-refractivity contribution >= 4 is 16.9 Å². The van der Waals surface area contributed by atoms with E-state index in [1.165, 1.54) is 7.11 Å². The van der Waals surface area contributed by atoms with E-state index >= 15 is 0 Å². The van der Waals surface area contributed by atoms with E-state index in [9.17, 15) is 10.1 Å². The van der Waals surface area contributed by atoms with Crippen molar-refractivity contribution in [3.05, 3.63) is 77.2 Å². The van der Waals surface area contributed by atoms with Gasteiger partial charge in [-0.15, -0.1) is 0 Å². The maximum Gasteiger partial charge on any atom is 0.356 e. The molecule has 0 saturated carbocycles. The summed E-state index contributed by atoms with van der Waals surface area (Å²) in [5.41, 5.74) is 5.98. The average Bonchev–Trinajstić information content (AvgIpc) is 3.37. The Bertz CT molecular complexity index is 1280. The van der Waals surface area contributed by atoms with Crippen molar-refractivity contribution in [3.63, 3.8) is 0 Å². The van der Waals surface area contributed by atoms with Crippen LogP contribution in [0.4, 0.5) is 0 Å². The number of aryl methyl sites for hydroxylation is 1. The number of aromatic nitrogens is 3. The number of ether oxygens (including phenoxy) is 1. The van der Waals surface area contributed by atoms with Crippen molar-refractivity contribution < 1.29 is 9.53 Å². The Balaban J connectivity index is 1.88. The van der Waals surface area contributed by atoms with Crippen LogP contribution in [0, 0.1) is 11.3 Å². The Labute approximate surface area is 174 Å². The van der Waals surface area contributed by atoms with Gasteiger partial charge in [-0.25, -0.2) is 4.79 Å². The van der Waals surface area contributed by atoms with Crippen LogP contribution in [-0.2, 0) is 11.8 Å². The first kappa shape index (κ1) is 19.5. The summed E-state index contributed by atoms with van der Waals surface area (Å²) < 4.78 is 6.53. The molecule has 0 aliphatic rings. The first-order valence-corrected chi connectivity index (χ1v) is 9.79. The number of H-pyrrole nitrogens is 1. The molecule has 4 aromatic rings. The van der Waals surface area contributed by atoms with E-state index in [0.29, 0.717) is 11.3 Å². The van der Waals surface area contributed by atoms with Gasteiger partial charge in [-0.1, -0.05) is 37.3 Å². The van der Waals surface area contributed by atoms with Gasteiger partial charge in [-0.3, -0.25) is 4.68 Å². The second-order valence-electron chi connectivity index (χ2n) is 7.19. The molecule has 0 spiro atoms. The number of nitrogens with zero attached hydrogens (tertiary/aromatic N) is 3. The summed E-state index contributed by atoms with van der Waals surface area (Å²) in [6.45, 7) is 2.15. The SMILES string of the molecule is CCC(c1ccccc1-c1cnn(C)c1C(=O)OC)c1c[nH]c2cc(C#N)ccc12. The van der Waals surface area contributed by atoms with Crippen LogP contribution in [0.25, 0.3) is 22.0 Å². The van der Waals surface area contributed by atoms with E-state index in [1.807, 2.05) is 42.6 Å². The van der Waals surface area contributed by atoms with E-state index in [1.54, 1.807) is 17.9 Å². The molecule has 0 aliphatic heterocycles. The summed E-state index contributed by atoms with van der Waals surface area (Å²) in [4.78, 5) is 15.7. The van der Waals surface area contributed by atoms with E-state index in [-0.39, 0.29) is 5.92 Å². The van der Waals surface area contributed by atoms with E-state index < -0.39 is 5.97 Å². The van der Waals surface area contributed by atoms with Crippen molar-refractivity contribution in [1.82, 2.24) is 14.8 Å². The highest BCUT2D eigenvalue weighted by Crippen LogP contribution is 2.39. The second kappa shape index (κ2) is 7.88. The Morgan fingerprint density at radius 2 is 2.03 bits per heavy atom.